The third-order valence-electron chi connectivity index (χ3n) is 5.31. The van der Waals surface area contributed by atoms with Crippen molar-refractivity contribution in [2.75, 3.05) is 7.11 Å². The molecule has 0 atom stereocenters. The number of hydrogen-bond acceptors (Lipinski definition) is 4. The number of benzene rings is 4. The second-order valence-electron chi connectivity index (χ2n) is 7.22. The first-order chi connectivity index (χ1) is 15.2. The Balaban J connectivity index is 1.46. The number of rotatable bonds is 5. The van der Waals surface area contributed by atoms with Gasteiger partial charge in [0, 0.05) is 5.56 Å². The first-order valence-corrected chi connectivity index (χ1v) is 10.00. The minimum absolute atomic E-state index is 0.171. The Labute approximate surface area is 178 Å². The number of nitrogens with one attached hydrogen (secondary N) is 1. The smallest absolute Gasteiger partial charge is 0.259 e. The maximum absolute atomic E-state index is 12.4. The van der Waals surface area contributed by atoms with E-state index in [0.29, 0.717) is 34.8 Å². The summed E-state index contributed by atoms with van der Waals surface area (Å²) in [5.41, 5.74) is 2.33. The Morgan fingerprint density at radius 2 is 1.61 bits per heavy atom. The molecule has 0 bridgehead atoms. The van der Waals surface area contributed by atoms with E-state index >= 15 is 0 Å². The van der Waals surface area contributed by atoms with Gasteiger partial charge in [-0.15, -0.1) is 0 Å². The van der Waals surface area contributed by atoms with Crippen molar-refractivity contribution in [1.29, 1.82) is 0 Å². The van der Waals surface area contributed by atoms with Crippen molar-refractivity contribution in [1.82, 2.24) is 9.97 Å². The highest BCUT2D eigenvalue weighted by Gasteiger charge is 2.11. The molecule has 5 rings (SSSR count). The van der Waals surface area contributed by atoms with Gasteiger partial charge in [-0.3, -0.25) is 4.79 Å². The standard InChI is InChI=1S/C26H20N2O3/c1-30-24-15-18(25-27-22-12-5-4-11-21(22)26(29)28-25)13-14-23(24)31-16-19-9-6-8-17-7-2-3-10-20(17)19/h2-15H,16H2,1H3,(H,27,28,29). The van der Waals surface area contributed by atoms with E-state index in [0.717, 1.165) is 11.1 Å². The van der Waals surface area contributed by atoms with Crippen molar-refractivity contribution in [3.05, 3.63) is 101 Å². The Morgan fingerprint density at radius 3 is 2.48 bits per heavy atom. The number of aromatic nitrogens is 2. The van der Waals surface area contributed by atoms with Crippen LogP contribution in [-0.4, -0.2) is 17.1 Å². The maximum atomic E-state index is 12.4. The van der Waals surface area contributed by atoms with Crippen LogP contribution < -0.4 is 15.0 Å². The molecule has 31 heavy (non-hydrogen) atoms. The molecule has 0 aliphatic heterocycles. The minimum Gasteiger partial charge on any atom is -0.493 e. The summed E-state index contributed by atoms with van der Waals surface area (Å²) in [5.74, 6) is 1.69. The van der Waals surface area contributed by atoms with E-state index in [2.05, 4.69) is 34.2 Å². The first-order valence-electron chi connectivity index (χ1n) is 10.00. The van der Waals surface area contributed by atoms with E-state index in [9.17, 15) is 4.79 Å². The van der Waals surface area contributed by atoms with Gasteiger partial charge in [-0.2, -0.15) is 0 Å². The molecule has 0 fully saturated rings. The van der Waals surface area contributed by atoms with Gasteiger partial charge < -0.3 is 14.5 Å². The molecule has 1 heterocycles. The fourth-order valence-corrected chi connectivity index (χ4v) is 3.73. The second-order valence-corrected chi connectivity index (χ2v) is 7.22. The van der Waals surface area contributed by atoms with E-state index in [1.54, 1.807) is 13.2 Å². The summed E-state index contributed by atoms with van der Waals surface area (Å²) < 4.78 is 11.6. The number of hydrogen-bond donors (Lipinski definition) is 1. The summed E-state index contributed by atoms with van der Waals surface area (Å²) in [6.45, 7) is 0.419. The highest BCUT2D eigenvalue weighted by Crippen LogP contribution is 2.32. The number of nitrogens with zero attached hydrogens (tertiary/aromatic N) is 1. The molecule has 1 aromatic heterocycles. The van der Waals surface area contributed by atoms with Crippen LogP contribution in [-0.2, 0) is 6.61 Å². The third kappa shape index (κ3) is 3.62. The Bertz CT molecular complexity index is 1450. The number of methoxy groups -OCH3 is 1. The molecule has 152 valence electrons. The molecule has 5 heteroatoms. The van der Waals surface area contributed by atoms with Crippen LogP contribution in [0.5, 0.6) is 11.5 Å². The van der Waals surface area contributed by atoms with Crippen molar-refractivity contribution >= 4 is 21.7 Å². The summed E-state index contributed by atoms with van der Waals surface area (Å²) in [6, 6.07) is 27.2. The Kier molecular flexibility index (Phi) is 4.84. The quantitative estimate of drug-likeness (QED) is 0.427. The average molecular weight is 408 g/mol. The molecular weight excluding hydrogens is 388 g/mol. The van der Waals surface area contributed by atoms with Crippen molar-refractivity contribution in [3.8, 4) is 22.9 Å². The molecule has 0 spiro atoms. The molecule has 4 aromatic carbocycles. The zero-order valence-corrected chi connectivity index (χ0v) is 17.0. The topological polar surface area (TPSA) is 64.2 Å². The van der Waals surface area contributed by atoms with Gasteiger partial charge in [0.1, 0.15) is 12.4 Å². The number of ether oxygens (including phenoxy) is 2. The normalized spacial score (nSPS) is 11.0. The highest BCUT2D eigenvalue weighted by atomic mass is 16.5. The molecule has 0 aliphatic rings. The van der Waals surface area contributed by atoms with Crippen molar-refractivity contribution in [2.45, 2.75) is 6.61 Å². The molecular formula is C26H20N2O3. The fraction of sp³-hybridized carbons (Fsp3) is 0.0769. The van der Waals surface area contributed by atoms with Gasteiger partial charge >= 0.3 is 0 Å². The Hall–Kier alpha value is -4.12. The van der Waals surface area contributed by atoms with Crippen molar-refractivity contribution < 1.29 is 9.47 Å². The van der Waals surface area contributed by atoms with E-state index in [-0.39, 0.29) is 5.56 Å². The Morgan fingerprint density at radius 1 is 0.839 bits per heavy atom. The molecule has 1 N–H and O–H groups in total. The molecule has 0 unspecified atom stereocenters. The number of fused-ring (bicyclic) bond motifs is 2. The zero-order valence-electron chi connectivity index (χ0n) is 17.0. The average Bonchev–Trinajstić information content (AvgIpc) is 2.82. The van der Waals surface area contributed by atoms with Gasteiger partial charge in [0.05, 0.1) is 18.0 Å². The van der Waals surface area contributed by atoms with Crippen LogP contribution in [0.3, 0.4) is 0 Å². The number of aromatic amines is 1. The molecule has 5 nitrogen and oxygen atoms in total. The molecule has 5 aromatic rings. The third-order valence-corrected chi connectivity index (χ3v) is 5.31. The minimum atomic E-state index is -0.171. The number of H-pyrrole nitrogens is 1. The largest absolute Gasteiger partial charge is 0.493 e. The first kappa shape index (κ1) is 18.9. The molecule has 0 radical (unpaired) electrons. The van der Waals surface area contributed by atoms with Crippen LogP contribution >= 0.6 is 0 Å². The van der Waals surface area contributed by atoms with Gasteiger partial charge in [0.25, 0.3) is 5.56 Å². The van der Waals surface area contributed by atoms with Crippen LogP contribution in [0.15, 0.2) is 89.7 Å². The van der Waals surface area contributed by atoms with E-state index in [1.165, 1.54) is 10.8 Å². The van der Waals surface area contributed by atoms with E-state index in [4.69, 9.17) is 9.47 Å². The molecule has 0 aliphatic carbocycles. The molecule has 0 saturated heterocycles. The van der Waals surface area contributed by atoms with Crippen LogP contribution in [0.2, 0.25) is 0 Å². The SMILES string of the molecule is COc1cc(-c2nc3ccccc3c(=O)[nH]2)ccc1OCc1cccc2ccccc12. The lowest BCUT2D eigenvalue weighted by molar-refractivity contribution is 0.286. The van der Waals surface area contributed by atoms with Gasteiger partial charge in [0.15, 0.2) is 11.5 Å². The second kappa shape index (κ2) is 7.95. The van der Waals surface area contributed by atoms with Crippen LogP contribution in [0.4, 0.5) is 0 Å². The van der Waals surface area contributed by atoms with Crippen molar-refractivity contribution in [2.24, 2.45) is 0 Å². The van der Waals surface area contributed by atoms with E-state index < -0.39 is 0 Å². The molecule has 0 saturated carbocycles. The predicted molar refractivity (Wildman–Crippen MR) is 123 cm³/mol. The number of para-hydroxylation sites is 1. The predicted octanol–water partition coefficient (Wildman–Crippen LogP) is 5.33. The van der Waals surface area contributed by atoms with Gasteiger partial charge in [-0.1, -0.05) is 54.6 Å². The lowest BCUT2D eigenvalue weighted by Gasteiger charge is -2.13. The van der Waals surface area contributed by atoms with Gasteiger partial charge in [-0.05, 0) is 46.7 Å². The van der Waals surface area contributed by atoms with Gasteiger partial charge in [0.2, 0.25) is 0 Å². The lowest BCUT2D eigenvalue weighted by Crippen LogP contribution is -2.09. The highest BCUT2D eigenvalue weighted by molar-refractivity contribution is 5.85. The van der Waals surface area contributed by atoms with Gasteiger partial charge in [-0.25, -0.2) is 4.98 Å². The lowest BCUT2D eigenvalue weighted by atomic mass is 10.1. The zero-order chi connectivity index (χ0) is 21.2. The van der Waals surface area contributed by atoms with Crippen LogP contribution in [0.25, 0.3) is 33.1 Å². The van der Waals surface area contributed by atoms with E-state index in [1.807, 2.05) is 54.6 Å². The summed E-state index contributed by atoms with van der Waals surface area (Å²) in [7, 11) is 1.60. The van der Waals surface area contributed by atoms with Crippen molar-refractivity contribution in [3.63, 3.8) is 0 Å². The molecule has 0 amide bonds. The van der Waals surface area contributed by atoms with Crippen LogP contribution in [0.1, 0.15) is 5.56 Å². The summed E-state index contributed by atoms with van der Waals surface area (Å²) in [5, 5.41) is 2.91. The summed E-state index contributed by atoms with van der Waals surface area (Å²) in [6.07, 6.45) is 0. The maximum Gasteiger partial charge on any atom is 0.259 e. The summed E-state index contributed by atoms with van der Waals surface area (Å²) in [4.78, 5) is 19.8. The monoisotopic (exact) mass is 408 g/mol. The fourth-order valence-electron chi connectivity index (χ4n) is 3.73. The van der Waals surface area contributed by atoms with Crippen LogP contribution in [0, 0.1) is 0 Å². The summed E-state index contributed by atoms with van der Waals surface area (Å²) >= 11 is 0.